The minimum atomic E-state index is -2.85. The second kappa shape index (κ2) is 1.18. The number of rotatable bonds is 0. The van der Waals surface area contributed by atoms with Crippen molar-refractivity contribution in [2.75, 3.05) is 5.75 Å². The summed E-state index contributed by atoms with van der Waals surface area (Å²) >= 11 is 0. The Balaban J connectivity index is 2.33. The molecule has 1 heterocycles. The number of hydrogen-bond donors (Lipinski definition) is 1. The van der Waals surface area contributed by atoms with E-state index in [-0.39, 0.29) is 5.54 Å². The molecule has 0 aromatic heterocycles. The first-order valence-corrected chi connectivity index (χ1v) is 4.69. The smallest absolute Gasteiger partial charge is 0.212 e. The molecule has 2 atom stereocenters. The van der Waals surface area contributed by atoms with Crippen LogP contribution in [0.3, 0.4) is 0 Å². The van der Waals surface area contributed by atoms with Crippen LogP contribution in [0.15, 0.2) is 0 Å². The van der Waals surface area contributed by atoms with Crippen LogP contribution in [0.4, 0.5) is 0 Å². The summed E-state index contributed by atoms with van der Waals surface area (Å²) in [7, 11) is -2.85. The van der Waals surface area contributed by atoms with Crippen LogP contribution in [0, 0.1) is 5.92 Å². The van der Waals surface area contributed by atoms with E-state index in [1.54, 1.807) is 0 Å². The summed E-state index contributed by atoms with van der Waals surface area (Å²) < 4.78 is 24.1. The van der Waals surface area contributed by atoms with Crippen LogP contribution in [-0.2, 0) is 10.0 Å². The first kappa shape index (κ1) is 5.68. The van der Waals surface area contributed by atoms with Gasteiger partial charge in [0, 0.05) is 5.54 Å². The molecule has 1 aliphatic carbocycles. The van der Waals surface area contributed by atoms with E-state index in [1.165, 1.54) is 0 Å². The minimum Gasteiger partial charge on any atom is -0.212 e. The largest absolute Gasteiger partial charge is 0.212 e. The molecule has 1 aliphatic heterocycles. The summed E-state index contributed by atoms with van der Waals surface area (Å²) in [6.07, 6.45) is 1.03. The van der Waals surface area contributed by atoms with Crippen molar-refractivity contribution in [2.45, 2.75) is 18.9 Å². The SMILES string of the molecule is CC12CC1CS(=O)(=O)N2. The van der Waals surface area contributed by atoms with Crippen molar-refractivity contribution in [2.24, 2.45) is 5.92 Å². The van der Waals surface area contributed by atoms with Gasteiger partial charge >= 0.3 is 0 Å². The quantitative estimate of drug-likeness (QED) is 0.511. The molecule has 0 amide bonds. The van der Waals surface area contributed by atoms with Gasteiger partial charge in [-0.05, 0) is 19.3 Å². The van der Waals surface area contributed by atoms with Crippen molar-refractivity contribution >= 4 is 10.0 Å². The molecule has 0 aromatic carbocycles. The molecule has 9 heavy (non-hydrogen) atoms. The first-order chi connectivity index (χ1) is 4.02. The third-order valence-electron chi connectivity index (χ3n) is 2.22. The van der Waals surface area contributed by atoms with Crippen LogP contribution in [0.2, 0.25) is 0 Å². The Bertz CT molecular complexity index is 246. The van der Waals surface area contributed by atoms with E-state index in [1.807, 2.05) is 6.92 Å². The lowest BCUT2D eigenvalue weighted by Crippen LogP contribution is -2.29. The van der Waals surface area contributed by atoms with Crippen LogP contribution in [-0.4, -0.2) is 19.7 Å². The average molecular weight is 147 g/mol. The lowest BCUT2D eigenvalue weighted by molar-refractivity contribution is 0.574. The lowest BCUT2D eigenvalue weighted by atomic mass is 10.3. The Kier molecular flexibility index (Phi) is 0.743. The maximum Gasteiger partial charge on any atom is 0.212 e. The molecule has 1 saturated heterocycles. The van der Waals surface area contributed by atoms with Crippen LogP contribution < -0.4 is 4.72 Å². The monoisotopic (exact) mass is 147 g/mol. The topological polar surface area (TPSA) is 46.2 Å². The summed E-state index contributed by atoms with van der Waals surface area (Å²) in [4.78, 5) is 0. The molecule has 2 unspecified atom stereocenters. The van der Waals surface area contributed by atoms with Crippen molar-refractivity contribution in [1.29, 1.82) is 0 Å². The predicted molar refractivity (Wildman–Crippen MR) is 33.4 cm³/mol. The van der Waals surface area contributed by atoms with Gasteiger partial charge in [0.15, 0.2) is 0 Å². The van der Waals surface area contributed by atoms with Gasteiger partial charge in [-0.25, -0.2) is 13.1 Å². The highest BCUT2D eigenvalue weighted by Crippen LogP contribution is 2.48. The molecule has 4 heteroatoms. The number of nitrogens with one attached hydrogen (secondary N) is 1. The summed E-state index contributed by atoms with van der Waals surface area (Å²) in [5.41, 5.74) is -0.0428. The zero-order valence-electron chi connectivity index (χ0n) is 5.22. The van der Waals surface area contributed by atoms with E-state index in [4.69, 9.17) is 0 Å². The molecular weight excluding hydrogens is 138 g/mol. The van der Waals surface area contributed by atoms with E-state index in [9.17, 15) is 8.42 Å². The van der Waals surface area contributed by atoms with Gasteiger partial charge in [0.2, 0.25) is 10.0 Å². The van der Waals surface area contributed by atoms with E-state index < -0.39 is 10.0 Å². The molecule has 3 nitrogen and oxygen atoms in total. The highest BCUT2D eigenvalue weighted by molar-refractivity contribution is 7.89. The van der Waals surface area contributed by atoms with Gasteiger partial charge in [-0.2, -0.15) is 0 Å². The van der Waals surface area contributed by atoms with Gasteiger partial charge in [-0.1, -0.05) is 0 Å². The fraction of sp³-hybridized carbons (Fsp3) is 1.00. The van der Waals surface area contributed by atoms with Crippen LogP contribution in [0.1, 0.15) is 13.3 Å². The standard InChI is InChI=1S/C5H9NO2S/c1-5-2-4(5)3-9(7,8)6-5/h4,6H,2-3H2,1H3. The van der Waals surface area contributed by atoms with Gasteiger partial charge in [0.05, 0.1) is 5.75 Å². The first-order valence-electron chi connectivity index (χ1n) is 3.03. The van der Waals surface area contributed by atoms with Crippen LogP contribution in [0.5, 0.6) is 0 Å². The molecule has 0 radical (unpaired) electrons. The summed E-state index contributed by atoms with van der Waals surface area (Å²) in [6, 6.07) is 0. The second-order valence-corrected chi connectivity index (χ2v) is 4.97. The van der Waals surface area contributed by atoms with E-state index in [0.717, 1.165) is 6.42 Å². The Morgan fingerprint density at radius 3 is 2.56 bits per heavy atom. The predicted octanol–water partition coefficient (Wildman–Crippen LogP) is -0.302. The highest BCUT2D eigenvalue weighted by atomic mass is 32.2. The molecule has 0 aromatic rings. The molecule has 52 valence electrons. The van der Waals surface area contributed by atoms with Gasteiger partial charge in [-0.3, -0.25) is 0 Å². The third kappa shape index (κ3) is 0.697. The Labute approximate surface area is 54.5 Å². The molecule has 0 spiro atoms. The molecule has 1 saturated carbocycles. The van der Waals surface area contributed by atoms with Crippen LogP contribution in [0.25, 0.3) is 0 Å². The van der Waals surface area contributed by atoms with Crippen molar-refractivity contribution in [3.8, 4) is 0 Å². The van der Waals surface area contributed by atoms with Crippen molar-refractivity contribution in [3.05, 3.63) is 0 Å². The molecule has 2 rings (SSSR count). The van der Waals surface area contributed by atoms with Crippen molar-refractivity contribution < 1.29 is 8.42 Å². The Hall–Kier alpha value is -0.0900. The van der Waals surface area contributed by atoms with Crippen molar-refractivity contribution in [1.82, 2.24) is 4.72 Å². The number of hydrogen-bond acceptors (Lipinski definition) is 2. The average Bonchev–Trinajstić information content (AvgIpc) is 2.03. The second-order valence-electron chi connectivity index (χ2n) is 3.20. The summed E-state index contributed by atoms with van der Waals surface area (Å²) in [5, 5.41) is 0. The Morgan fingerprint density at radius 1 is 1.67 bits per heavy atom. The minimum absolute atomic E-state index is 0.0428. The maximum atomic E-state index is 10.8. The van der Waals surface area contributed by atoms with Gasteiger partial charge < -0.3 is 0 Å². The fourth-order valence-corrected chi connectivity index (χ4v) is 3.54. The zero-order chi connectivity index (χ0) is 6.70. The number of sulfonamides is 1. The zero-order valence-corrected chi connectivity index (χ0v) is 6.03. The maximum absolute atomic E-state index is 10.8. The van der Waals surface area contributed by atoms with Gasteiger partial charge in [0.1, 0.15) is 0 Å². The van der Waals surface area contributed by atoms with Crippen molar-refractivity contribution in [3.63, 3.8) is 0 Å². The Morgan fingerprint density at radius 2 is 2.33 bits per heavy atom. The summed E-state index contributed by atoms with van der Waals surface area (Å²) in [5.74, 6) is 0.756. The van der Waals surface area contributed by atoms with Crippen LogP contribution >= 0.6 is 0 Å². The number of fused-ring (bicyclic) bond motifs is 1. The van der Waals surface area contributed by atoms with Gasteiger partial charge in [-0.15, -0.1) is 0 Å². The normalized spacial score (nSPS) is 52.8. The molecule has 1 N–H and O–H groups in total. The van der Waals surface area contributed by atoms with E-state index in [2.05, 4.69) is 4.72 Å². The highest BCUT2D eigenvalue weighted by Gasteiger charge is 2.59. The van der Waals surface area contributed by atoms with E-state index >= 15 is 0 Å². The van der Waals surface area contributed by atoms with E-state index in [0.29, 0.717) is 11.7 Å². The molecule has 2 fully saturated rings. The van der Waals surface area contributed by atoms with Gasteiger partial charge in [0.25, 0.3) is 0 Å². The third-order valence-corrected chi connectivity index (χ3v) is 3.84. The lowest BCUT2D eigenvalue weighted by Gasteiger charge is -2.02. The molecule has 0 bridgehead atoms. The fourth-order valence-electron chi connectivity index (χ4n) is 1.48. The molecule has 2 aliphatic rings. The summed E-state index contributed by atoms with van der Waals surface area (Å²) in [6.45, 7) is 1.96. The molecular formula is C5H9NO2S.